The molecule has 0 saturated carbocycles. The standard InChI is InChI=1S/C25H18N2O3/c28-25-24(19-5-3-13-26-14-19)22(16-30-25)17-8-11-21(12-9-17)29-15-20-10-7-18-4-1-2-6-23(18)27-20/h1-14H,15-16H2. The molecule has 0 atom stereocenters. The largest absolute Gasteiger partial charge is 0.487 e. The zero-order valence-corrected chi connectivity index (χ0v) is 16.1. The minimum atomic E-state index is -0.319. The molecular formula is C25H18N2O3. The van der Waals surface area contributed by atoms with Crippen LogP contribution in [-0.2, 0) is 16.1 Å². The fraction of sp³-hybridized carbons (Fsp3) is 0.0800. The van der Waals surface area contributed by atoms with Crippen LogP contribution in [0.15, 0.2) is 85.2 Å². The Labute approximate surface area is 173 Å². The van der Waals surface area contributed by atoms with Crippen molar-refractivity contribution in [3.05, 3.63) is 102 Å². The van der Waals surface area contributed by atoms with Gasteiger partial charge in [0.05, 0.1) is 16.8 Å². The van der Waals surface area contributed by atoms with Gasteiger partial charge in [0.2, 0.25) is 0 Å². The van der Waals surface area contributed by atoms with Crippen LogP contribution in [0.1, 0.15) is 16.8 Å². The Balaban J connectivity index is 1.35. The van der Waals surface area contributed by atoms with Gasteiger partial charge in [-0.1, -0.05) is 42.5 Å². The van der Waals surface area contributed by atoms with Crippen LogP contribution in [-0.4, -0.2) is 22.5 Å². The number of fused-ring (bicyclic) bond motifs is 1. The summed E-state index contributed by atoms with van der Waals surface area (Å²) in [5.74, 6) is 0.420. The smallest absolute Gasteiger partial charge is 0.339 e. The summed E-state index contributed by atoms with van der Waals surface area (Å²) >= 11 is 0. The Morgan fingerprint density at radius 2 is 1.77 bits per heavy atom. The van der Waals surface area contributed by atoms with Crippen LogP contribution in [0.3, 0.4) is 0 Å². The molecule has 0 radical (unpaired) electrons. The number of aromatic nitrogens is 2. The zero-order valence-electron chi connectivity index (χ0n) is 16.1. The topological polar surface area (TPSA) is 61.3 Å². The van der Waals surface area contributed by atoms with Crippen molar-refractivity contribution in [1.82, 2.24) is 9.97 Å². The summed E-state index contributed by atoms with van der Waals surface area (Å²) in [4.78, 5) is 21.0. The number of rotatable bonds is 5. The van der Waals surface area contributed by atoms with Crippen LogP contribution in [0.25, 0.3) is 22.0 Å². The molecule has 30 heavy (non-hydrogen) atoms. The molecule has 1 aliphatic rings. The molecule has 3 heterocycles. The lowest BCUT2D eigenvalue weighted by Crippen LogP contribution is -1.99. The Bertz CT molecular complexity index is 1250. The number of nitrogens with zero attached hydrogens (tertiary/aromatic N) is 2. The van der Waals surface area contributed by atoms with Gasteiger partial charge in [-0.3, -0.25) is 4.98 Å². The predicted octanol–water partition coefficient (Wildman–Crippen LogP) is 4.68. The van der Waals surface area contributed by atoms with Crippen molar-refractivity contribution in [3.63, 3.8) is 0 Å². The fourth-order valence-corrected chi connectivity index (χ4v) is 3.53. The maximum atomic E-state index is 12.2. The molecule has 0 N–H and O–H groups in total. The summed E-state index contributed by atoms with van der Waals surface area (Å²) in [6.45, 7) is 0.639. The molecule has 5 rings (SSSR count). The number of esters is 1. The van der Waals surface area contributed by atoms with Crippen molar-refractivity contribution < 1.29 is 14.3 Å². The maximum absolute atomic E-state index is 12.2. The molecular weight excluding hydrogens is 376 g/mol. The number of carbonyl (C=O) groups is 1. The number of cyclic esters (lactones) is 1. The second-order valence-electron chi connectivity index (χ2n) is 6.98. The van der Waals surface area contributed by atoms with Gasteiger partial charge in [0.1, 0.15) is 19.0 Å². The molecule has 0 fully saturated rings. The summed E-state index contributed by atoms with van der Waals surface area (Å²) in [6, 6.07) is 23.4. The molecule has 0 unspecified atom stereocenters. The maximum Gasteiger partial charge on any atom is 0.339 e. The van der Waals surface area contributed by atoms with Gasteiger partial charge in [0.15, 0.2) is 0 Å². The van der Waals surface area contributed by atoms with E-state index < -0.39 is 0 Å². The lowest BCUT2D eigenvalue weighted by Gasteiger charge is -2.09. The number of hydrogen-bond donors (Lipinski definition) is 0. The van der Waals surface area contributed by atoms with E-state index in [2.05, 4.69) is 9.97 Å². The van der Waals surface area contributed by atoms with E-state index in [1.54, 1.807) is 12.4 Å². The summed E-state index contributed by atoms with van der Waals surface area (Å²) in [7, 11) is 0. The highest BCUT2D eigenvalue weighted by Gasteiger charge is 2.27. The minimum absolute atomic E-state index is 0.254. The number of ether oxygens (including phenoxy) is 2. The number of hydrogen-bond acceptors (Lipinski definition) is 5. The van der Waals surface area contributed by atoms with Crippen LogP contribution in [0, 0.1) is 0 Å². The molecule has 2 aromatic carbocycles. The van der Waals surface area contributed by atoms with Crippen LogP contribution >= 0.6 is 0 Å². The van der Waals surface area contributed by atoms with Crippen molar-refractivity contribution in [2.75, 3.05) is 6.61 Å². The third-order valence-corrected chi connectivity index (χ3v) is 5.05. The number of carbonyl (C=O) groups excluding carboxylic acids is 1. The fourth-order valence-electron chi connectivity index (χ4n) is 3.53. The predicted molar refractivity (Wildman–Crippen MR) is 115 cm³/mol. The first-order chi connectivity index (χ1) is 14.8. The van der Waals surface area contributed by atoms with E-state index in [1.807, 2.05) is 72.8 Å². The summed E-state index contributed by atoms with van der Waals surface area (Å²) in [6.07, 6.45) is 3.36. The van der Waals surface area contributed by atoms with E-state index in [0.717, 1.165) is 39.0 Å². The quantitative estimate of drug-likeness (QED) is 0.460. The van der Waals surface area contributed by atoms with E-state index in [1.165, 1.54) is 0 Å². The van der Waals surface area contributed by atoms with Gasteiger partial charge in [-0.05, 0) is 35.9 Å². The second kappa shape index (κ2) is 7.79. The van der Waals surface area contributed by atoms with Crippen molar-refractivity contribution in [2.24, 2.45) is 0 Å². The van der Waals surface area contributed by atoms with Crippen LogP contribution < -0.4 is 4.74 Å². The molecule has 0 amide bonds. The van der Waals surface area contributed by atoms with Crippen LogP contribution in [0.2, 0.25) is 0 Å². The monoisotopic (exact) mass is 394 g/mol. The van der Waals surface area contributed by atoms with Crippen molar-refractivity contribution in [3.8, 4) is 5.75 Å². The van der Waals surface area contributed by atoms with Gasteiger partial charge < -0.3 is 9.47 Å². The summed E-state index contributed by atoms with van der Waals surface area (Å²) < 4.78 is 11.2. The van der Waals surface area contributed by atoms with Crippen molar-refractivity contribution in [2.45, 2.75) is 6.61 Å². The summed E-state index contributed by atoms with van der Waals surface area (Å²) in [5.41, 5.74) is 4.94. The first-order valence-corrected chi connectivity index (χ1v) is 9.66. The van der Waals surface area contributed by atoms with Gasteiger partial charge in [-0.15, -0.1) is 0 Å². The van der Waals surface area contributed by atoms with Gasteiger partial charge >= 0.3 is 5.97 Å². The molecule has 146 valence electrons. The summed E-state index contributed by atoms with van der Waals surface area (Å²) in [5, 5.41) is 1.11. The highest BCUT2D eigenvalue weighted by molar-refractivity contribution is 6.27. The van der Waals surface area contributed by atoms with Crippen LogP contribution in [0.4, 0.5) is 0 Å². The first-order valence-electron chi connectivity index (χ1n) is 9.66. The molecule has 5 nitrogen and oxygen atoms in total. The molecule has 2 aromatic heterocycles. The number of benzene rings is 2. The van der Waals surface area contributed by atoms with E-state index in [0.29, 0.717) is 12.2 Å². The number of pyridine rings is 2. The molecule has 0 aliphatic carbocycles. The lowest BCUT2D eigenvalue weighted by atomic mass is 9.98. The Morgan fingerprint density at radius 3 is 2.60 bits per heavy atom. The van der Waals surface area contributed by atoms with E-state index >= 15 is 0 Å². The molecule has 0 spiro atoms. The molecule has 5 heteroatoms. The van der Waals surface area contributed by atoms with E-state index in [9.17, 15) is 4.79 Å². The normalized spacial score (nSPS) is 13.5. The Kier molecular flexibility index (Phi) is 4.69. The molecule has 1 aliphatic heterocycles. The lowest BCUT2D eigenvalue weighted by molar-refractivity contribution is -0.133. The minimum Gasteiger partial charge on any atom is -0.487 e. The van der Waals surface area contributed by atoms with Crippen LogP contribution in [0.5, 0.6) is 5.75 Å². The van der Waals surface area contributed by atoms with Crippen molar-refractivity contribution >= 4 is 28.0 Å². The van der Waals surface area contributed by atoms with Gasteiger partial charge in [0, 0.05) is 28.9 Å². The highest BCUT2D eigenvalue weighted by Crippen LogP contribution is 2.33. The molecule has 0 saturated heterocycles. The van der Waals surface area contributed by atoms with Gasteiger partial charge in [-0.2, -0.15) is 0 Å². The Hall–Kier alpha value is -3.99. The van der Waals surface area contributed by atoms with Gasteiger partial charge in [0.25, 0.3) is 0 Å². The SMILES string of the molecule is O=C1OCC(c2ccc(OCc3ccc4ccccc4n3)cc2)=C1c1cccnc1. The first kappa shape index (κ1) is 18.1. The highest BCUT2D eigenvalue weighted by atomic mass is 16.5. The second-order valence-corrected chi connectivity index (χ2v) is 6.98. The molecule has 4 aromatic rings. The average Bonchev–Trinajstić information content (AvgIpc) is 3.20. The average molecular weight is 394 g/mol. The van der Waals surface area contributed by atoms with E-state index in [4.69, 9.17) is 9.47 Å². The van der Waals surface area contributed by atoms with E-state index in [-0.39, 0.29) is 12.6 Å². The third-order valence-electron chi connectivity index (χ3n) is 5.05. The molecule has 0 bridgehead atoms. The zero-order chi connectivity index (χ0) is 20.3. The van der Waals surface area contributed by atoms with Gasteiger partial charge in [-0.25, -0.2) is 9.78 Å². The Morgan fingerprint density at radius 1 is 0.900 bits per heavy atom. The number of para-hydroxylation sites is 1. The van der Waals surface area contributed by atoms with Crippen molar-refractivity contribution in [1.29, 1.82) is 0 Å². The third kappa shape index (κ3) is 3.53.